The molecule has 0 aliphatic rings. The van der Waals surface area contributed by atoms with Gasteiger partial charge in [-0.15, -0.1) is 0 Å². The number of rotatable bonds is 2. The minimum atomic E-state index is -0.319. The number of hydrogen-bond donors (Lipinski definition) is 1. The lowest BCUT2D eigenvalue weighted by Crippen LogP contribution is -2.05. The Morgan fingerprint density at radius 1 is 1.54 bits per heavy atom. The molecule has 0 bridgehead atoms. The Labute approximate surface area is 90.6 Å². The van der Waals surface area contributed by atoms with E-state index in [0.29, 0.717) is 5.56 Å². The topological polar surface area (TPSA) is 38.3 Å². The molecular weight excluding hydrogens is 281 g/mol. The Kier molecular flexibility index (Phi) is 3.53. The summed E-state index contributed by atoms with van der Waals surface area (Å²) in [6, 6.07) is 5.51. The highest BCUT2D eigenvalue weighted by molar-refractivity contribution is 14.1. The molecule has 4 heteroatoms. The highest BCUT2D eigenvalue weighted by Gasteiger charge is 2.10. The normalized spacial score (nSPS) is 9.46. The van der Waals surface area contributed by atoms with Crippen LogP contribution in [0.25, 0.3) is 0 Å². The molecule has 0 saturated heterocycles. The lowest BCUT2D eigenvalue weighted by molar-refractivity contribution is 0.0602. The molecule has 3 nitrogen and oxygen atoms in total. The second kappa shape index (κ2) is 4.45. The fraction of sp³-hybridized carbons (Fsp3) is 0.222. The van der Waals surface area contributed by atoms with Gasteiger partial charge < -0.3 is 10.1 Å². The summed E-state index contributed by atoms with van der Waals surface area (Å²) in [4.78, 5) is 11.2. The molecule has 0 atom stereocenters. The van der Waals surface area contributed by atoms with Crippen molar-refractivity contribution >= 4 is 34.2 Å². The number of hydrogen-bond acceptors (Lipinski definition) is 3. The summed E-state index contributed by atoms with van der Waals surface area (Å²) in [6.07, 6.45) is 0. The molecule has 0 fully saturated rings. The van der Waals surface area contributed by atoms with E-state index in [2.05, 4.69) is 32.6 Å². The summed E-state index contributed by atoms with van der Waals surface area (Å²) in [5.74, 6) is -0.319. The SMILES string of the molecule is CNc1cc(I)ccc1C(=O)OC. The van der Waals surface area contributed by atoms with Crippen molar-refractivity contribution < 1.29 is 9.53 Å². The van der Waals surface area contributed by atoms with E-state index in [0.717, 1.165) is 9.26 Å². The number of carbonyl (C=O) groups is 1. The van der Waals surface area contributed by atoms with Crippen molar-refractivity contribution in [2.75, 3.05) is 19.5 Å². The Morgan fingerprint density at radius 3 is 2.77 bits per heavy atom. The van der Waals surface area contributed by atoms with Gasteiger partial charge in [-0.05, 0) is 40.8 Å². The molecule has 70 valence electrons. The minimum absolute atomic E-state index is 0.319. The monoisotopic (exact) mass is 291 g/mol. The van der Waals surface area contributed by atoms with Gasteiger partial charge >= 0.3 is 5.97 Å². The van der Waals surface area contributed by atoms with Crippen LogP contribution in [0.2, 0.25) is 0 Å². The van der Waals surface area contributed by atoms with E-state index < -0.39 is 0 Å². The Hall–Kier alpha value is -0.780. The second-order valence-electron chi connectivity index (χ2n) is 2.43. The van der Waals surface area contributed by atoms with Crippen molar-refractivity contribution in [2.45, 2.75) is 0 Å². The van der Waals surface area contributed by atoms with Crippen molar-refractivity contribution in [1.82, 2.24) is 0 Å². The average Bonchev–Trinajstić information content (AvgIpc) is 2.16. The van der Waals surface area contributed by atoms with Gasteiger partial charge in [-0.25, -0.2) is 4.79 Å². The first-order valence-corrected chi connectivity index (χ1v) is 4.82. The van der Waals surface area contributed by atoms with Crippen LogP contribution in [0.5, 0.6) is 0 Å². The standard InChI is InChI=1S/C9H10INO2/c1-11-8-5-6(10)3-4-7(8)9(12)13-2/h3-5,11H,1-2H3. The van der Waals surface area contributed by atoms with Gasteiger partial charge in [-0.2, -0.15) is 0 Å². The first-order valence-electron chi connectivity index (χ1n) is 3.74. The fourth-order valence-electron chi connectivity index (χ4n) is 1.01. The third kappa shape index (κ3) is 2.33. The van der Waals surface area contributed by atoms with E-state index in [4.69, 9.17) is 0 Å². The molecule has 1 aromatic carbocycles. The number of nitrogens with one attached hydrogen (secondary N) is 1. The number of esters is 1. The van der Waals surface area contributed by atoms with Crippen molar-refractivity contribution in [3.8, 4) is 0 Å². The van der Waals surface area contributed by atoms with Crippen LogP contribution < -0.4 is 5.32 Å². The maximum absolute atomic E-state index is 11.2. The molecular formula is C9H10INO2. The summed E-state index contributed by atoms with van der Waals surface area (Å²) in [5, 5.41) is 2.95. The van der Waals surface area contributed by atoms with Gasteiger partial charge in [-0.3, -0.25) is 0 Å². The molecule has 1 aromatic rings. The molecule has 13 heavy (non-hydrogen) atoms. The van der Waals surface area contributed by atoms with Gasteiger partial charge in [0.15, 0.2) is 0 Å². The summed E-state index contributed by atoms with van der Waals surface area (Å²) < 4.78 is 5.72. The summed E-state index contributed by atoms with van der Waals surface area (Å²) in [5.41, 5.74) is 1.35. The lowest BCUT2D eigenvalue weighted by Gasteiger charge is -2.07. The predicted molar refractivity (Wildman–Crippen MR) is 60.0 cm³/mol. The third-order valence-electron chi connectivity index (χ3n) is 1.66. The number of ether oxygens (including phenoxy) is 1. The number of anilines is 1. The highest BCUT2D eigenvalue weighted by atomic mass is 127. The van der Waals surface area contributed by atoms with E-state index in [1.807, 2.05) is 12.1 Å². The Balaban J connectivity index is 3.13. The van der Waals surface area contributed by atoms with Crippen molar-refractivity contribution in [3.05, 3.63) is 27.3 Å². The molecule has 0 radical (unpaired) electrons. The zero-order valence-electron chi connectivity index (χ0n) is 7.43. The van der Waals surface area contributed by atoms with Gasteiger partial charge in [-0.1, -0.05) is 0 Å². The number of carbonyl (C=O) groups excluding carboxylic acids is 1. The molecule has 0 spiro atoms. The van der Waals surface area contributed by atoms with Crippen LogP contribution in [-0.2, 0) is 4.74 Å². The molecule has 0 unspecified atom stereocenters. The van der Waals surface area contributed by atoms with Gasteiger partial charge in [0.2, 0.25) is 0 Å². The quantitative estimate of drug-likeness (QED) is 0.670. The first kappa shape index (κ1) is 10.3. The van der Waals surface area contributed by atoms with Crippen molar-refractivity contribution in [2.24, 2.45) is 0 Å². The van der Waals surface area contributed by atoms with E-state index in [9.17, 15) is 4.79 Å². The molecule has 0 saturated carbocycles. The number of halogens is 1. The van der Waals surface area contributed by atoms with Crippen LogP contribution >= 0.6 is 22.6 Å². The van der Waals surface area contributed by atoms with Gasteiger partial charge in [0, 0.05) is 16.3 Å². The smallest absolute Gasteiger partial charge is 0.339 e. The fourth-order valence-corrected chi connectivity index (χ4v) is 1.50. The van der Waals surface area contributed by atoms with Crippen LogP contribution in [-0.4, -0.2) is 20.1 Å². The van der Waals surface area contributed by atoms with Gasteiger partial charge in [0.1, 0.15) is 0 Å². The lowest BCUT2D eigenvalue weighted by atomic mass is 10.2. The van der Waals surface area contributed by atoms with Gasteiger partial charge in [0.25, 0.3) is 0 Å². The number of benzene rings is 1. The molecule has 0 heterocycles. The van der Waals surface area contributed by atoms with E-state index in [1.165, 1.54) is 7.11 Å². The van der Waals surface area contributed by atoms with Crippen LogP contribution in [0, 0.1) is 3.57 Å². The minimum Gasteiger partial charge on any atom is -0.465 e. The summed E-state index contributed by atoms with van der Waals surface area (Å²) in [6.45, 7) is 0. The molecule has 0 aliphatic carbocycles. The van der Waals surface area contributed by atoms with Crippen LogP contribution in [0.1, 0.15) is 10.4 Å². The molecule has 0 aromatic heterocycles. The van der Waals surface area contributed by atoms with E-state index >= 15 is 0 Å². The molecule has 1 N–H and O–H groups in total. The summed E-state index contributed by atoms with van der Waals surface area (Å²) >= 11 is 2.19. The van der Waals surface area contributed by atoms with Crippen LogP contribution in [0.15, 0.2) is 18.2 Å². The highest BCUT2D eigenvalue weighted by Crippen LogP contribution is 2.19. The van der Waals surface area contributed by atoms with E-state index in [1.54, 1.807) is 13.1 Å². The zero-order chi connectivity index (χ0) is 9.84. The largest absolute Gasteiger partial charge is 0.465 e. The first-order chi connectivity index (χ1) is 6.19. The molecule has 0 aliphatic heterocycles. The Bertz CT molecular complexity index is 325. The van der Waals surface area contributed by atoms with E-state index in [-0.39, 0.29) is 5.97 Å². The molecule has 1 rings (SSSR count). The maximum atomic E-state index is 11.2. The van der Waals surface area contributed by atoms with Gasteiger partial charge in [0.05, 0.1) is 12.7 Å². The van der Waals surface area contributed by atoms with Crippen molar-refractivity contribution in [3.63, 3.8) is 0 Å². The van der Waals surface area contributed by atoms with Crippen molar-refractivity contribution in [1.29, 1.82) is 0 Å². The summed E-state index contributed by atoms with van der Waals surface area (Å²) in [7, 11) is 3.15. The Morgan fingerprint density at radius 2 is 2.23 bits per heavy atom. The van der Waals surface area contributed by atoms with Crippen LogP contribution in [0.3, 0.4) is 0 Å². The maximum Gasteiger partial charge on any atom is 0.339 e. The molecule has 0 amide bonds. The zero-order valence-corrected chi connectivity index (χ0v) is 9.58. The van der Waals surface area contributed by atoms with Crippen LogP contribution in [0.4, 0.5) is 5.69 Å². The second-order valence-corrected chi connectivity index (χ2v) is 3.68. The average molecular weight is 291 g/mol. The third-order valence-corrected chi connectivity index (χ3v) is 2.33. The predicted octanol–water partition coefficient (Wildman–Crippen LogP) is 2.12. The number of methoxy groups -OCH3 is 1.